The Bertz CT molecular complexity index is 985. The number of halogens is 1. The van der Waals surface area contributed by atoms with Crippen LogP contribution < -0.4 is 10.6 Å². The van der Waals surface area contributed by atoms with Gasteiger partial charge in [-0.25, -0.2) is 4.68 Å². The van der Waals surface area contributed by atoms with Gasteiger partial charge < -0.3 is 10.6 Å². The van der Waals surface area contributed by atoms with Crippen LogP contribution in [0.4, 0.5) is 11.4 Å². The SMILES string of the molecule is CNC(=O)c1cc([N+](=O)[O-])ccc1NCc1cnn(-c2ccc(Cl)cc2)c1. The van der Waals surface area contributed by atoms with Crippen LogP contribution in [-0.4, -0.2) is 27.7 Å². The van der Waals surface area contributed by atoms with E-state index in [1.807, 2.05) is 18.3 Å². The second kappa shape index (κ2) is 7.88. The lowest BCUT2D eigenvalue weighted by molar-refractivity contribution is -0.384. The molecule has 0 aliphatic heterocycles. The Kier molecular flexibility index (Phi) is 5.37. The highest BCUT2D eigenvalue weighted by Gasteiger charge is 2.16. The summed E-state index contributed by atoms with van der Waals surface area (Å²) in [5.74, 6) is -0.405. The maximum absolute atomic E-state index is 12.0. The number of benzene rings is 2. The lowest BCUT2D eigenvalue weighted by atomic mass is 10.1. The van der Waals surface area contributed by atoms with E-state index < -0.39 is 10.8 Å². The Balaban J connectivity index is 1.78. The minimum Gasteiger partial charge on any atom is -0.380 e. The Labute approximate surface area is 159 Å². The van der Waals surface area contributed by atoms with Gasteiger partial charge in [0.05, 0.1) is 22.4 Å². The first-order valence-electron chi connectivity index (χ1n) is 8.02. The summed E-state index contributed by atoms with van der Waals surface area (Å²) in [4.78, 5) is 22.4. The molecule has 0 atom stereocenters. The van der Waals surface area contributed by atoms with Crippen LogP contribution in [0, 0.1) is 10.1 Å². The second-order valence-electron chi connectivity index (χ2n) is 5.69. The van der Waals surface area contributed by atoms with E-state index in [1.54, 1.807) is 23.0 Å². The number of nitrogens with zero attached hydrogens (tertiary/aromatic N) is 3. The van der Waals surface area contributed by atoms with Gasteiger partial charge in [-0.1, -0.05) is 11.6 Å². The van der Waals surface area contributed by atoms with E-state index in [0.717, 1.165) is 11.3 Å². The molecule has 0 aliphatic carbocycles. The highest BCUT2D eigenvalue weighted by atomic mass is 35.5. The van der Waals surface area contributed by atoms with Gasteiger partial charge in [-0.3, -0.25) is 14.9 Å². The van der Waals surface area contributed by atoms with Gasteiger partial charge >= 0.3 is 0 Å². The fourth-order valence-electron chi connectivity index (χ4n) is 2.51. The van der Waals surface area contributed by atoms with Crippen molar-refractivity contribution in [3.63, 3.8) is 0 Å². The van der Waals surface area contributed by atoms with Gasteiger partial charge in [0.1, 0.15) is 0 Å². The number of aromatic nitrogens is 2. The van der Waals surface area contributed by atoms with E-state index in [2.05, 4.69) is 15.7 Å². The number of nitro groups is 1. The predicted molar refractivity (Wildman–Crippen MR) is 102 cm³/mol. The number of amides is 1. The van der Waals surface area contributed by atoms with Crippen molar-refractivity contribution in [3.8, 4) is 5.69 Å². The molecule has 27 heavy (non-hydrogen) atoms. The third-order valence-corrected chi connectivity index (χ3v) is 4.15. The third kappa shape index (κ3) is 4.24. The molecule has 8 nitrogen and oxygen atoms in total. The van der Waals surface area contributed by atoms with Crippen molar-refractivity contribution >= 4 is 28.9 Å². The molecular formula is C18H16ClN5O3. The highest BCUT2D eigenvalue weighted by Crippen LogP contribution is 2.23. The number of non-ortho nitro benzene ring substituents is 1. The number of hydrogen-bond donors (Lipinski definition) is 2. The molecule has 0 bridgehead atoms. The zero-order chi connectivity index (χ0) is 19.4. The van der Waals surface area contributed by atoms with Gasteiger partial charge in [-0.2, -0.15) is 5.10 Å². The number of nitrogens with one attached hydrogen (secondary N) is 2. The zero-order valence-electron chi connectivity index (χ0n) is 14.3. The van der Waals surface area contributed by atoms with Crippen LogP contribution in [0.25, 0.3) is 5.69 Å². The minimum absolute atomic E-state index is 0.144. The average molecular weight is 386 g/mol. The fraction of sp³-hybridized carbons (Fsp3) is 0.111. The van der Waals surface area contributed by atoms with Crippen molar-refractivity contribution in [2.45, 2.75) is 6.54 Å². The van der Waals surface area contributed by atoms with Crippen LogP contribution in [0.1, 0.15) is 15.9 Å². The molecule has 3 aromatic rings. The van der Waals surface area contributed by atoms with Crippen molar-refractivity contribution in [1.29, 1.82) is 0 Å². The molecule has 2 N–H and O–H groups in total. The second-order valence-corrected chi connectivity index (χ2v) is 6.13. The van der Waals surface area contributed by atoms with Crippen LogP contribution in [0.5, 0.6) is 0 Å². The first-order chi connectivity index (χ1) is 13.0. The first-order valence-corrected chi connectivity index (χ1v) is 8.39. The van der Waals surface area contributed by atoms with Gasteiger partial charge in [-0.15, -0.1) is 0 Å². The molecule has 0 aliphatic rings. The first kappa shape index (κ1) is 18.4. The highest BCUT2D eigenvalue weighted by molar-refractivity contribution is 6.30. The van der Waals surface area contributed by atoms with Crippen LogP contribution in [0.2, 0.25) is 5.02 Å². The van der Waals surface area contributed by atoms with Crippen LogP contribution in [0.15, 0.2) is 54.9 Å². The number of anilines is 1. The van der Waals surface area contributed by atoms with Gasteiger partial charge in [0, 0.05) is 48.2 Å². The summed E-state index contributed by atoms with van der Waals surface area (Å²) in [7, 11) is 1.47. The van der Waals surface area contributed by atoms with Crippen molar-refractivity contribution in [2.75, 3.05) is 12.4 Å². The molecular weight excluding hydrogens is 370 g/mol. The quantitative estimate of drug-likeness (QED) is 0.500. The van der Waals surface area contributed by atoms with Crippen molar-refractivity contribution in [1.82, 2.24) is 15.1 Å². The number of carbonyl (C=O) groups is 1. The molecule has 0 radical (unpaired) electrons. The average Bonchev–Trinajstić information content (AvgIpc) is 3.15. The lowest BCUT2D eigenvalue weighted by Crippen LogP contribution is -2.19. The summed E-state index contributed by atoms with van der Waals surface area (Å²) in [5.41, 5.74) is 2.31. The topological polar surface area (TPSA) is 102 Å². The molecule has 0 saturated carbocycles. The van der Waals surface area contributed by atoms with Gasteiger partial charge in [-0.05, 0) is 30.3 Å². The third-order valence-electron chi connectivity index (χ3n) is 3.90. The molecule has 9 heteroatoms. The van der Waals surface area contributed by atoms with E-state index in [9.17, 15) is 14.9 Å². The van der Waals surface area contributed by atoms with E-state index in [0.29, 0.717) is 17.3 Å². The summed E-state index contributed by atoms with van der Waals surface area (Å²) >= 11 is 5.89. The van der Waals surface area contributed by atoms with Crippen molar-refractivity contribution in [3.05, 3.63) is 81.1 Å². The number of rotatable bonds is 6. The maximum atomic E-state index is 12.0. The molecule has 1 amide bonds. The molecule has 1 heterocycles. The van der Waals surface area contributed by atoms with E-state index in [-0.39, 0.29) is 11.3 Å². The maximum Gasteiger partial charge on any atom is 0.270 e. The number of carbonyl (C=O) groups excluding carboxylic acids is 1. The molecule has 0 unspecified atom stereocenters. The molecule has 3 rings (SSSR count). The summed E-state index contributed by atoms with van der Waals surface area (Å²) in [6, 6.07) is 11.4. The van der Waals surface area contributed by atoms with Crippen molar-refractivity contribution in [2.24, 2.45) is 0 Å². The minimum atomic E-state index is -0.535. The molecule has 0 spiro atoms. The summed E-state index contributed by atoms with van der Waals surface area (Å²) in [5, 5.41) is 21.5. The Morgan fingerprint density at radius 2 is 2.00 bits per heavy atom. The monoisotopic (exact) mass is 385 g/mol. The molecule has 138 valence electrons. The largest absolute Gasteiger partial charge is 0.380 e. The lowest BCUT2D eigenvalue weighted by Gasteiger charge is -2.10. The molecule has 0 fully saturated rings. The summed E-state index contributed by atoms with van der Waals surface area (Å²) in [6.45, 7) is 0.398. The fourth-order valence-corrected chi connectivity index (χ4v) is 2.63. The summed E-state index contributed by atoms with van der Waals surface area (Å²) < 4.78 is 1.71. The number of hydrogen-bond acceptors (Lipinski definition) is 5. The van der Waals surface area contributed by atoms with Gasteiger partial charge in [0.25, 0.3) is 11.6 Å². The normalized spacial score (nSPS) is 10.4. The molecule has 1 aromatic heterocycles. The Hall–Kier alpha value is -3.39. The smallest absolute Gasteiger partial charge is 0.270 e. The number of nitro benzene ring substituents is 1. The molecule has 0 saturated heterocycles. The van der Waals surface area contributed by atoms with E-state index in [4.69, 9.17) is 11.6 Å². The standard InChI is InChI=1S/C18H16ClN5O3/c1-20-18(25)16-8-15(24(26)27)6-7-17(16)21-9-12-10-22-23(11-12)14-4-2-13(19)3-5-14/h2-8,10-11,21H,9H2,1H3,(H,20,25). The van der Waals surface area contributed by atoms with Gasteiger partial charge in [0.15, 0.2) is 0 Å². The van der Waals surface area contributed by atoms with Crippen LogP contribution in [0.3, 0.4) is 0 Å². The van der Waals surface area contributed by atoms with Crippen LogP contribution in [-0.2, 0) is 6.54 Å². The Morgan fingerprint density at radius 3 is 2.67 bits per heavy atom. The van der Waals surface area contributed by atoms with E-state index in [1.165, 1.54) is 25.2 Å². The van der Waals surface area contributed by atoms with Gasteiger partial charge in [0.2, 0.25) is 0 Å². The van der Waals surface area contributed by atoms with Crippen LogP contribution >= 0.6 is 11.6 Å². The Morgan fingerprint density at radius 1 is 1.26 bits per heavy atom. The summed E-state index contributed by atoms with van der Waals surface area (Å²) in [6.07, 6.45) is 3.55. The van der Waals surface area contributed by atoms with Crippen molar-refractivity contribution < 1.29 is 9.72 Å². The molecule has 2 aromatic carbocycles. The predicted octanol–water partition coefficient (Wildman–Crippen LogP) is 3.41. The van der Waals surface area contributed by atoms with E-state index >= 15 is 0 Å². The zero-order valence-corrected chi connectivity index (χ0v) is 15.1.